The van der Waals surface area contributed by atoms with Gasteiger partial charge in [0.25, 0.3) is 0 Å². The topological polar surface area (TPSA) is 4.93 Å². The summed E-state index contributed by atoms with van der Waals surface area (Å²) in [5, 5.41) is 0. The zero-order valence-corrected chi connectivity index (χ0v) is 14.9. The first-order valence-corrected chi connectivity index (χ1v) is 9.36. The van der Waals surface area contributed by atoms with Crippen LogP contribution < -0.4 is 0 Å². The van der Waals surface area contributed by atoms with Gasteiger partial charge in [-0.15, -0.1) is 0 Å². The lowest BCUT2D eigenvalue weighted by atomic mass is 9.90. The summed E-state index contributed by atoms with van der Waals surface area (Å²) in [5.74, 6) is 0.790. The fraction of sp³-hybridized carbons (Fsp3) is 0.800. The van der Waals surface area contributed by atoms with Gasteiger partial charge in [-0.3, -0.25) is 0 Å². The van der Waals surface area contributed by atoms with Crippen molar-refractivity contribution in [2.75, 3.05) is 0 Å². The number of hydrogen-bond donors (Lipinski definition) is 0. The van der Waals surface area contributed by atoms with Gasteiger partial charge < -0.3 is 4.57 Å². The van der Waals surface area contributed by atoms with Gasteiger partial charge in [0, 0.05) is 18.4 Å². The number of hydrogen-bond acceptors (Lipinski definition) is 0. The van der Waals surface area contributed by atoms with Gasteiger partial charge in [0.1, 0.15) is 0 Å². The largest absolute Gasteiger partial charge is 0.352 e. The molecule has 0 radical (unpaired) electrons. The van der Waals surface area contributed by atoms with Gasteiger partial charge in [-0.05, 0) is 44.2 Å². The average molecular weight is 292 g/mol. The third kappa shape index (κ3) is 7.20. The van der Waals surface area contributed by atoms with Crippen LogP contribution in [0.5, 0.6) is 0 Å². The smallest absolute Gasteiger partial charge is 0.0274 e. The molecule has 0 unspecified atom stereocenters. The van der Waals surface area contributed by atoms with Crippen molar-refractivity contribution in [1.82, 2.24) is 4.57 Å². The molecule has 0 aliphatic heterocycles. The molecular weight excluding hydrogens is 254 g/mol. The van der Waals surface area contributed by atoms with Crippen LogP contribution in [0.3, 0.4) is 0 Å². The van der Waals surface area contributed by atoms with Crippen LogP contribution in [-0.2, 0) is 0 Å². The molecule has 1 nitrogen and oxygen atoms in total. The van der Waals surface area contributed by atoms with Crippen molar-refractivity contribution in [3.8, 4) is 0 Å². The van der Waals surface area contributed by atoms with Crippen molar-refractivity contribution in [2.24, 2.45) is 0 Å². The fourth-order valence-corrected chi connectivity index (χ4v) is 3.11. The van der Waals surface area contributed by atoms with Crippen LogP contribution in [0.15, 0.2) is 18.5 Å². The number of nitrogens with zero attached hydrogens (tertiary/aromatic N) is 1. The van der Waals surface area contributed by atoms with Gasteiger partial charge in [-0.1, -0.05) is 65.2 Å². The summed E-state index contributed by atoms with van der Waals surface area (Å²) in [7, 11) is 0. The number of unbranched alkanes of at least 4 members (excludes halogenated alkanes) is 6. The van der Waals surface area contributed by atoms with Crippen LogP contribution in [0.2, 0.25) is 0 Å². The second-order valence-corrected chi connectivity index (χ2v) is 6.88. The zero-order valence-electron chi connectivity index (χ0n) is 14.9. The van der Waals surface area contributed by atoms with E-state index in [1.807, 2.05) is 0 Å². The highest BCUT2D eigenvalue weighted by atomic mass is 15.0. The van der Waals surface area contributed by atoms with E-state index in [-0.39, 0.29) is 0 Å². The van der Waals surface area contributed by atoms with Crippen LogP contribution in [-0.4, -0.2) is 4.57 Å². The van der Waals surface area contributed by atoms with Crippen molar-refractivity contribution in [2.45, 2.75) is 104 Å². The molecule has 0 saturated heterocycles. The second kappa shape index (κ2) is 10.9. The van der Waals surface area contributed by atoms with E-state index < -0.39 is 0 Å². The zero-order chi connectivity index (χ0) is 15.5. The van der Waals surface area contributed by atoms with Gasteiger partial charge in [0.2, 0.25) is 0 Å². The molecule has 0 aromatic carbocycles. The van der Waals surface area contributed by atoms with Crippen LogP contribution in [0.1, 0.15) is 109 Å². The molecule has 122 valence electrons. The quantitative estimate of drug-likeness (QED) is 0.362. The second-order valence-electron chi connectivity index (χ2n) is 6.88. The van der Waals surface area contributed by atoms with Crippen molar-refractivity contribution in [1.29, 1.82) is 0 Å². The van der Waals surface area contributed by atoms with Crippen molar-refractivity contribution >= 4 is 0 Å². The summed E-state index contributed by atoms with van der Waals surface area (Å²) >= 11 is 0. The molecule has 1 heteroatoms. The SMILES string of the molecule is CCCCCCC(CCCCCC)c1ccn(C(C)C)c1. The van der Waals surface area contributed by atoms with Crippen molar-refractivity contribution < 1.29 is 0 Å². The molecule has 1 aromatic rings. The third-order valence-electron chi connectivity index (χ3n) is 4.62. The molecule has 0 bridgehead atoms. The molecule has 0 amide bonds. The van der Waals surface area contributed by atoms with Gasteiger partial charge in [-0.2, -0.15) is 0 Å². The summed E-state index contributed by atoms with van der Waals surface area (Å²) in [6, 6.07) is 2.95. The molecule has 0 atom stereocenters. The summed E-state index contributed by atoms with van der Waals surface area (Å²) < 4.78 is 2.36. The van der Waals surface area contributed by atoms with Gasteiger partial charge in [-0.25, -0.2) is 0 Å². The molecule has 0 saturated carbocycles. The first-order chi connectivity index (χ1) is 10.2. The first-order valence-electron chi connectivity index (χ1n) is 9.36. The maximum atomic E-state index is 2.40. The summed E-state index contributed by atoms with van der Waals surface area (Å²) in [5.41, 5.74) is 1.58. The van der Waals surface area contributed by atoms with Crippen LogP contribution in [0.25, 0.3) is 0 Å². The first kappa shape index (κ1) is 18.3. The van der Waals surface area contributed by atoms with Crippen LogP contribution in [0.4, 0.5) is 0 Å². The Balaban J connectivity index is 2.52. The third-order valence-corrected chi connectivity index (χ3v) is 4.62. The Hall–Kier alpha value is -0.720. The summed E-state index contributed by atoms with van der Waals surface area (Å²) in [4.78, 5) is 0. The summed E-state index contributed by atoms with van der Waals surface area (Å²) in [6.07, 6.45) is 18.5. The maximum Gasteiger partial charge on any atom is 0.0274 e. The summed E-state index contributed by atoms with van der Waals surface area (Å²) in [6.45, 7) is 9.12. The minimum Gasteiger partial charge on any atom is -0.352 e. The van der Waals surface area contributed by atoms with E-state index in [9.17, 15) is 0 Å². The van der Waals surface area contributed by atoms with Gasteiger partial charge in [0.15, 0.2) is 0 Å². The lowest BCUT2D eigenvalue weighted by Gasteiger charge is -2.16. The molecule has 21 heavy (non-hydrogen) atoms. The van der Waals surface area contributed by atoms with Crippen molar-refractivity contribution in [3.63, 3.8) is 0 Å². The molecule has 0 fully saturated rings. The van der Waals surface area contributed by atoms with Gasteiger partial charge >= 0.3 is 0 Å². The van der Waals surface area contributed by atoms with E-state index in [1.54, 1.807) is 5.56 Å². The normalized spacial score (nSPS) is 11.7. The minimum absolute atomic E-state index is 0.583. The Morgan fingerprint density at radius 1 is 0.857 bits per heavy atom. The Bertz CT molecular complexity index is 338. The lowest BCUT2D eigenvalue weighted by Crippen LogP contribution is -2.00. The van der Waals surface area contributed by atoms with E-state index in [4.69, 9.17) is 0 Å². The van der Waals surface area contributed by atoms with E-state index in [0.717, 1.165) is 5.92 Å². The Kier molecular flexibility index (Phi) is 9.54. The molecule has 1 aromatic heterocycles. The fourth-order valence-electron chi connectivity index (χ4n) is 3.11. The average Bonchev–Trinajstić information content (AvgIpc) is 2.95. The Morgan fingerprint density at radius 3 is 1.86 bits per heavy atom. The molecule has 1 rings (SSSR count). The highest BCUT2D eigenvalue weighted by Gasteiger charge is 2.13. The molecular formula is C20H37N. The van der Waals surface area contributed by atoms with Crippen LogP contribution in [0, 0.1) is 0 Å². The van der Waals surface area contributed by atoms with E-state index in [2.05, 4.69) is 50.7 Å². The number of rotatable bonds is 12. The van der Waals surface area contributed by atoms with Crippen LogP contribution >= 0.6 is 0 Å². The Labute approximate surface area is 133 Å². The highest BCUT2D eigenvalue weighted by molar-refractivity contribution is 5.16. The number of aromatic nitrogens is 1. The molecule has 0 aliphatic carbocycles. The predicted molar refractivity (Wildman–Crippen MR) is 95.1 cm³/mol. The Morgan fingerprint density at radius 2 is 1.43 bits per heavy atom. The standard InChI is InChI=1S/C20H37N/c1-5-7-9-11-13-19(14-12-10-8-6-2)20-15-16-21(17-20)18(3)4/h15-19H,5-14H2,1-4H3. The van der Waals surface area contributed by atoms with E-state index in [0.29, 0.717) is 6.04 Å². The van der Waals surface area contributed by atoms with Crippen molar-refractivity contribution in [3.05, 3.63) is 24.0 Å². The van der Waals surface area contributed by atoms with Gasteiger partial charge in [0.05, 0.1) is 0 Å². The minimum atomic E-state index is 0.583. The molecule has 0 N–H and O–H groups in total. The highest BCUT2D eigenvalue weighted by Crippen LogP contribution is 2.29. The predicted octanol–water partition coefficient (Wildman–Crippen LogP) is 7.09. The monoisotopic (exact) mass is 291 g/mol. The molecule has 1 heterocycles. The molecule has 0 aliphatic rings. The van der Waals surface area contributed by atoms with E-state index >= 15 is 0 Å². The molecule has 0 spiro atoms. The lowest BCUT2D eigenvalue weighted by molar-refractivity contribution is 0.494. The van der Waals surface area contributed by atoms with E-state index in [1.165, 1.54) is 64.2 Å². The maximum absolute atomic E-state index is 2.40.